The molecule has 0 aromatic rings. The molecule has 5 heteroatoms. The molecule has 17 heavy (non-hydrogen) atoms. The number of aliphatic hydroxyl groups excluding tert-OH is 1. The summed E-state index contributed by atoms with van der Waals surface area (Å²) in [5, 5.41) is 9.07. The molecule has 5 nitrogen and oxygen atoms in total. The van der Waals surface area contributed by atoms with Crippen LogP contribution < -0.4 is 5.73 Å². The minimum atomic E-state index is -0.370. The van der Waals surface area contributed by atoms with Gasteiger partial charge in [0, 0.05) is 25.6 Å². The number of hydrogen-bond acceptors (Lipinski definition) is 3. The van der Waals surface area contributed by atoms with E-state index in [1.165, 1.54) is 0 Å². The van der Waals surface area contributed by atoms with Crippen LogP contribution in [0, 0.1) is 11.8 Å². The maximum atomic E-state index is 11.8. The van der Waals surface area contributed by atoms with Crippen LogP contribution in [0.2, 0.25) is 0 Å². The van der Waals surface area contributed by atoms with Crippen molar-refractivity contribution in [1.29, 1.82) is 0 Å². The Morgan fingerprint density at radius 2 is 2.00 bits per heavy atom. The molecule has 2 aliphatic rings. The topological polar surface area (TPSA) is 83.6 Å². The summed E-state index contributed by atoms with van der Waals surface area (Å²) in [6.07, 6.45) is 4.07. The quantitative estimate of drug-likeness (QED) is 0.721. The summed E-state index contributed by atoms with van der Waals surface area (Å²) in [5.41, 5.74) is 5.24. The van der Waals surface area contributed by atoms with Crippen LogP contribution in [0.1, 0.15) is 32.1 Å². The lowest BCUT2D eigenvalue weighted by Gasteiger charge is -2.34. The average Bonchev–Trinajstić information content (AvgIpc) is 2.72. The number of rotatable bonds is 3. The summed E-state index contributed by atoms with van der Waals surface area (Å²) < 4.78 is 0. The molecule has 0 radical (unpaired) electrons. The summed E-state index contributed by atoms with van der Waals surface area (Å²) >= 11 is 0. The number of likely N-dealkylation sites (tertiary alicyclic amines) is 1. The molecule has 1 saturated carbocycles. The molecule has 1 heterocycles. The number of aliphatic hydroxyl groups is 1. The second-order valence-electron chi connectivity index (χ2n) is 5.21. The molecular formula is C12H20N2O3. The van der Waals surface area contributed by atoms with Gasteiger partial charge in [0.2, 0.25) is 11.8 Å². The highest BCUT2D eigenvalue weighted by molar-refractivity contribution is 5.88. The van der Waals surface area contributed by atoms with Gasteiger partial charge in [-0.1, -0.05) is 0 Å². The standard InChI is InChI=1S/C12H20N2O3/c13-12(17)9-5-11(16)14(6-9)10-3-1-8(7-15)2-4-10/h8-10,15H,1-7H2,(H2,13,17). The third-order valence-electron chi connectivity index (χ3n) is 4.08. The molecule has 1 unspecified atom stereocenters. The van der Waals surface area contributed by atoms with E-state index < -0.39 is 0 Å². The first kappa shape index (κ1) is 12.4. The molecule has 1 atom stereocenters. The zero-order chi connectivity index (χ0) is 12.4. The molecule has 96 valence electrons. The molecule has 2 amide bonds. The largest absolute Gasteiger partial charge is 0.396 e. The van der Waals surface area contributed by atoms with Crippen molar-refractivity contribution in [2.45, 2.75) is 38.1 Å². The lowest BCUT2D eigenvalue weighted by atomic mass is 9.86. The number of carbonyl (C=O) groups is 2. The summed E-state index contributed by atoms with van der Waals surface area (Å²) in [4.78, 5) is 24.7. The Morgan fingerprint density at radius 1 is 1.35 bits per heavy atom. The molecular weight excluding hydrogens is 220 g/mol. The number of nitrogens with zero attached hydrogens (tertiary/aromatic N) is 1. The lowest BCUT2D eigenvalue weighted by Crippen LogP contribution is -2.40. The van der Waals surface area contributed by atoms with Crippen LogP contribution >= 0.6 is 0 Å². The van der Waals surface area contributed by atoms with Crippen LogP contribution in [0.15, 0.2) is 0 Å². The van der Waals surface area contributed by atoms with E-state index in [4.69, 9.17) is 10.8 Å². The van der Waals surface area contributed by atoms with E-state index in [9.17, 15) is 9.59 Å². The molecule has 1 aliphatic heterocycles. The van der Waals surface area contributed by atoms with Gasteiger partial charge in [0.25, 0.3) is 0 Å². The van der Waals surface area contributed by atoms with Gasteiger partial charge < -0.3 is 15.7 Å². The highest BCUT2D eigenvalue weighted by atomic mass is 16.3. The SMILES string of the molecule is NC(=O)C1CC(=O)N(C2CCC(CO)CC2)C1. The van der Waals surface area contributed by atoms with Gasteiger partial charge in [0.05, 0.1) is 5.92 Å². The molecule has 0 aromatic heterocycles. The number of nitrogens with two attached hydrogens (primary N) is 1. The van der Waals surface area contributed by atoms with Crippen LogP contribution in [0.25, 0.3) is 0 Å². The maximum absolute atomic E-state index is 11.8. The van der Waals surface area contributed by atoms with E-state index in [-0.39, 0.29) is 36.8 Å². The minimum absolute atomic E-state index is 0.0567. The van der Waals surface area contributed by atoms with Gasteiger partial charge in [-0.15, -0.1) is 0 Å². The van der Waals surface area contributed by atoms with Crippen molar-refractivity contribution < 1.29 is 14.7 Å². The van der Waals surface area contributed by atoms with Crippen LogP contribution in [0.4, 0.5) is 0 Å². The molecule has 3 N–H and O–H groups in total. The highest BCUT2D eigenvalue weighted by Crippen LogP contribution is 2.31. The summed E-state index contributed by atoms with van der Waals surface area (Å²) in [6, 6.07) is 0.245. The highest BCUT2D eigenvalue weighted by Gasteiger charge is 2.38. The fourth-order valence-corrected chi connectivity index (χ4v) is 2.91. The van der Waals surface area contributed by atoms with E-state index in [0.29, 0.717) is 12.5 Å². The van der Waals surface area contributed by atoms with Crippen LogP contribution in [-0.2, 0) is 9.59 Å². The van der Waals surface area contributed by atoms with Crippen molar-refractivity contribution in [3.05, 3.63) is 0 Å². The fraction of sp³-hybridized carbons (Fsp3) is 0.833. The van der Waals surface area contributed by atoms with Gasteiger partial charge in [-0.2, -0.15) is 0 Å². The van der Waals surface area contributed by atoms with Gasteiger partial charge in [0.1, 0.15) is 0 Å². The molecule has 0 spiro atoms. The summed E-state index contributed by atoms with van der Waals surface area (Å²) in [5.74, 6) is -0.236. The van der Waals surface area contributed by atoms with Crippen molar-refractivity contribution in [2.24, 2.45) is 17.6 Å². The summed E-state index contributed by atoms with van der Waals surface area (Å²) in [6.45, 7) is 0.729. The van der Waals surface area contributed by atoms with Crippen LogP contribution in [0.5, 0.6) is 0 Å². The zero-order valence-corrected chi connectivity index (χ0v) is 9.97. The van der Waals surface area contributed by atoms with Gasteiger partial charge in [-0.3, -0.25) is 9.59 Å². The van der Waals surface area contributed by atoms with Crippen molar-refractivity contribution in [1.82, 2.24) is 4.90 Å². The van der Waals surface area contributed by atoms with E-state index in [1.54, 1.807) is 0 Å². The van der Waals surface area contributed by atoms with Crippen LogP contribution in [0.3, 0.4) is 0 Å². The van der Waals surface area contributed by atoms with Crippen molar-refractivity contribution in [3.63, 3.8) is 0 Å². The Kier molecular flexibility index (Phi) is 3.66. The van der Waals surface area contributed by atoms with Gasteiger partial charge in [-0.05, 0) is 31.6 Å². The molecule has 2 rings (SSSR count). The number of carbonyl (C=O) groups excluding carboxylic acids is 2. The maximum Gasteiger partial charge on any atom is 0.223 e. The number of hydrogen-bond donors (Lipinski definition) is 2. The third-order valence-corrected chi connectivity index (χ3v) is 4.08. The van der Waals surface area contributed by atoms with E-state index in [0.717, 1.165) is 25.7 Å². The number of amides is 2. The first-order valence-electron chi connectivity index (χ1n) is 6.31. The van der Waals surface area contributed by atoms with Gasteiger partial charge in [-0.25, -0.2) is 0 Å². The Bertz CT molecular complexity index is 311. The lowest BCUT2D eigenvalue weighted by molar-refractivity contribution is -0.130. The Morgan fingerprint density at radius 3 is 2.47 bits per heavy atom. The molecule has 1 saturated heterocycles. The van der Waals surface area contributed by atoms with Crippen molar-refractivity contribution in [2.75, 3.05) is 13.2 Å². The van der Waals surface area contributed by atoms with E-state index in [2.05, 4.69) is 0 Å². The zero-order valence-electron chi connectivity index (χ0n) is 9.97. The van der Waals surface area contributed by atoms with Crippen molar-refractivity contribution >= 4 is 11.8 Å². The first-order valence-corrected chi connectivity index (χ1v) is 6.31. The Hall–Kier alpha value is -1.10. The molecule has 0 aromatic carbocycles. The average molecular weight is 240 g/mol. The monoisotopic (exact) mass is 240 g/mol. The van der Waals surface area contributed by atoms with E-state index >= 15 is 0 Å². The fourth-order valence-electron chi connectivity index (χ4n) is 2.91. The predicted molar refractivity (Wildman–Crippen MR) is 61.8 cm³/mol. The van der Waals surface area contributed by atoms with Gasteiger partial charge >= 0.3 is 0 Å². The molecule has 0 bridgehead atoms. The van der Waals surface area contributed by atoms with Crippen molar-refractivity contribution in [3.8, 4) is 0 Å². The van der Waals surface area contributed by atoms with Gasteiger partial charge in [0.15, 0.2) is 0 Å². The second kappa shape index (κ2) is 5.04. The molecule has 1 aliphatic carbocycles. The number of primary amides is 1. The predicted octanol–water partition coefficient (Wildman–Crippen LogP) is -0.129. The second-order valence-corrected chi connectivity index (χ2v) is 5.21. The normalized spacial score (nSPS) is 34.1. The minimum Gasteiger partial charge on any atom is -0.396 e. The Balaban J connectivity index is 1.91. The molecule has 2 fully saturated rings. The Labute approximate surface area is 101 Å². The van der Waals surface area contributed by atoms with Crippen LogP contribution in [-0.4, -0.2) is 41.0 Å². The smallest absolute Gasteiger partial charge is 0.223 e. The van der Waals surface area contributed by atoms with E-state index in [1.807, 2.05) is 4.90 Å². The third kappa shape index (κ3) is 2.60. The summed E-state index contributed by atoms with van der Waals surface area (Å²) in [7, 11) is 0. The first-order chi connectivity index (χ1) is 8.11.